The fourth-order valence-corrected chi connectivity index (χ4v) is 2.94. The Labute approximate surface area is 122 Å². The normalized spacial score (nSPS) is 12.2. The molecule has 0 saturated heterocycles. The first-order valence-corrected chi connectivity index (χ1v) is 7.38. The van der Waals surface area contributed by atoms with E-state index >= 15 is 0 Å². The summed E-state index contributed by atoms with van der Waals surface area (Å²) in [4.78, 5) is 9.71. The van der Waals surface area contributed by atoms with E-state index in [1.165, 1.54) is 10.4 Å². The number of aromatic nitrogens is 2. The Kier molecular flexibility index (Phi) is 4.16. The van der Waals surface area contributed by atoms with Gasteiger partial charge < -0.3 is 0 Å². The molecule has 3 rings (SSSR count). The number of benzene rings is 1. The molecule has 0 saturated carbocycles. The van der Waals surface area contributed by atoms with Crippen molar-refractivity contribution in [2.75, 3.05) is 0 Å². The lowest BCUT2D eigenvalue weighted by Crippen LogP contribution is -2.21. The molecule has 4 heteroatoms. The van der Waals surface area contributed by atoms with Crippen molar-refractivity contribution in [2.24, 2.45) is 0 Å². The summed E-state index contributed by atoms with van der Waals surface area (Å²) in [6.07, 6.45) is 5.21. The van der Waals surface area contributed by atoms with Gasteiger partial charge in [-0.3, -0.25) is 15.3 Å². The molecule has 0 aliphatic rings. The van der Waals surface area contributed by atoms with Gasteiger partial charge in [-0.1, -0.05) is 36.4 Å². The molecule has 0 bridgehead atoms. The summed E-state index contributed by atoms with van der Waals surface area (Å²) in [7, 11) is 0. The van der Waals surface area contributed by atoms with E-state index in [1.807, 2.05) is 6.07 Å². The van der Waals surface area contributed by atoms with Gasteiger partial charge in [0.05, 0.1) is 11.7 Å². The summed E-state index contributed by atoms with van der Waals surface area (Å²) in [6.45, 7) is 0.700. The minimum absolute atomic E-state index is 0.193. The molecule has 0 amide bonds. The molecule has 0 fully saturated rings. The van der Waals surface area contributed by atoms with Crippen LogP contribution in [0.3, 0.4) is 0 Å². The third kappa shape index (κ3) is 3.10. The first kappa shape index (κ1) is 13.0. The second-order valence-electron chi connectivity index (χ2n) is 4.44. The maximum absolute atomic E-state index is 4.30. The van der Waals surface area contributed by atoms with Crippen molar-refractivity contribution in [3.8, 4) is 0 Å². The van der Waals surface area contributed by atoms with Crippen molar-refractivity contribution in [2.45, 2.75) is 12.6 Å². The summed E-state index contributed by atoms with van der Waals surface area (Å²) in [5.74, 6) is 0. The zero-order valence-corrected chi connectivity index (χ0v) is 11.8. The minimum Gasteiger partial charge on any atom is -0.300 e. The molecule has 1 N–H and O–H groups in total. The van der Waals surface area contributed by atoms with Gasteiger partial charge in [0.25, 0.3) is 0 Å². The van der Waals surface area contributed by atoms with E-state index in [1.54, 1.807) is 29.9 Å². The number of rotatable bonds is 5. The number of hydrogen-bond donors (Lipinski definition) is 1. The van der Waals surface area contributed by atoms with Crippen LogP contribution >= 0.6 is 11.3 Å². The van der Waals surface area contributed by atoms with Crippen molar-refractivity contribution in [3.63, 3.8) is 0 Å². The summed E-state index contributed by atoms with van der Waals surface area (Å²) < 4.78 is 0. The van der Waals surface area contributed by atoms with E-state index in [-0.39, 0.29) is 6.04 Å². The van der Waals surface area contributed by atoms with Crippen molar-refractivity contribution in [1.29, 1.82) is 0 Å². The Hall–Kier alpha value is -2.04. The second-order valence-corrected chi connectivity index (χ2v) is 5.42. The van der Waals surface area contributed by atoms with Gasteiger partial charge in [-0.15, -0.1) is 11.3 Å². The summed E-state index contributed by atoms with van der Waals surface area (Å²) in [5.41, 5.74) is 2.21. The summed E-state index contributed by atoms with van der Waals surface area (Å²) in [5, 5.41) is 5.67. The Bertz CT molecular complexity index is 623. The van der Waals surface area contributed by atoms with E-state index in [0.717, 1.165) is 5.69 Å². The molecule has 0 aliphatic heterocycles. The smallest absolute Gasteiger partial charge is 0.0724 e. The fourth-order valence-electron chi connectivity index (χ4n) is 2.11. The third-order valence-electron chi connectivity index (χ3n) is 3.06. The SMILES string of the molecule is c1ccc(C(NCc2cnccn2)c2cccs2)cc1. The van der Waals surface area contributed by atoms with Crippen molar-refractivity contribution in [3.05, 3.63) is 82.6 Å². The molecule has 1 atom stereocenters. The Morgan fingerprint density at radius 1 is 1.05 bits per heavy atom. The molecule has 3 aromatic rings. The lowest BCUT2D eigenvalue weighted by atomic mass is 10.1. The standard InChI is InChI=1S/C16H15N3S/c1-2-5-13(6-3-1)16(15-7-4-10-20-15)19-12-14-11-17-8-9-18-14/h1-11,16,19H,12H2. The quantitative estimate of drug-likeness (QED) is 0.778. The second kappa shape index (κ2) is 6.41. The third-order valence-corrected chi connectivity index (χ3v) is 4.00. The molecule has 100 valence electrons. The molecule has 0 radical (unpaired) electrons. The van der Waals surface area contributed by atoms with Crippen LogP contribution in [0.5, 0.6) is 0 Å². The van der Waals surface area contributed by atoms with Crippen LogP contribution in [0.15, 0.2) is 66.4 Å². The van der Waals surface area contributed by atoms with Gasteiger partial charge in [-0.05, 0) is 17.0 Å². The van der Waals surface area contributed by atoms with E-state index in [0.29, 0.717) is 6.54 Å². The highest BCUT2D eigenvalue weighted by molar-refractivity contribution is 7.10. The molecule has 2 aromatic heterocycles. The molecule has 20 heavy (non-hydrogen) atoms. The van der Waals surface area contributed by atoms with Crippen LogP contribution in [0.4, 0.5) is 0 Å². The lowest BCUT2D eigenvalue weighted by Gasteiger charge is -2.17. The van der Waals surface area contributed by atoms with Gasteiger partial charge in [0.2, 0.25) is 0 Å². The van der Waals surface area contributed by atoms with Crippen LogP contribution in [-0.4, -0.2) is 9.97 Å². The Balaban J connectivity index is 1.80. The molecular weight excluding hydrogens is 266 g/mol. The van der Waals surface area contributed by atoms with E-state index in [9.17, 15) is 0 Å². The van der Waals surface area contributed by atoms with Crippen LogP contribution in [0, 0.1) is 0 Å². The molecular formula is C16H15N3S. The zero-order valence-electron chi connectivity index (χ0n) is 10.9. The van der Waals surface area contributed by atoms with Gasteiger partial charge in [-0.25, -0.2) is 0 Å². The van der Waals surface area contributed by atoms with Gasteiger partial charge in [-0.2, -0.15) is 0 Å². The number of nitrogens with zero attached hydrogens (tertiary/aromatic N) is 2. The first-order valence-electron chi connectivity index (χ1n) is 6.50. The molecule has 3 nitrogen and oxygen atoms in total. The van der Waals surface area contributed by atoms with E-state index < -0.39 is 0 Å². The molecule has 1 aromatic carbocycles. The van der Waals surface area contributed by atoms with Gasteiger partial charge >= 0.3 is 0 Å². The molecule has 1 unspecified atom stereocenters. The highest BCUT2D eigenvalue weighted by Gasteiger charge is 2.14. The average molecular weight is 281 g/mol. The molecule has 2 heterocycles. The highest BCUT2D eigenvalue weighted by Crippen LogP contribution is 2.26. The van der Waals surface area contributed by atoms with E-state index in [2.05, 4.69) is 57.1 Å². The number of nitrogens with one attached hydrogen (secondary N) is 1. The van der Waals surface area contributed by atoms with Gasteiger partial charge in [0, 0.05) is 30.0 Å². The van der Waals surface area contributed by atoms with Crippen molar-refractivity contribution in [1.82, 2.24) is 15.3 Å². The summed E-state index contributed by atoms with van der Waals surface area (Å²) in [6, 6.07) is 14.9. The number of hydrogen-bond acceptors (Lipinski definition) is 4. The minimum atomic E-state index is 0.193. The average Bonchev–Trinajstić information content (AvgIpc) is 3.04. The summed E-state index contributed by atoms with van der Waals surface area (Å²) >= 11 is 1.76. The van der Waals surface area contributed by atoms with Gasteiger partial charge in [0.15, 0.2) is 0 Å². The lowest BCUT2D eigenvalue weighted by molar-refractivity contribution is 0.603. The first-order chi connectivity index (χ1) is 9.93. The van der Waals surface area contributed by atoms with Crippen molar-refractivity contribution < 1.29 is 0 Å². The monoisotopic (exact) mass is 281 g/mol. The Morgan fingerprint density at radius 2 is 1.95 bits per heavy atom. The van der Waals surface area contributed by atoms with Crippen molar-refractivity contribution >= 4 is 11.3 Å². The molecule has 0 aliphatic carbocycles. The molecule has 0 spiro atoms. The largest absolute Gasteiger partial charge is 0.300 e. The predicted molar refractivity (Wildman–Crippen MR) is 81.5 cm³/mol. The maximum Gasteiger partial charge on any atom is 0.0724 e. The van der Waals surface area contributed by atoms with Crippen LogP contribution in [0.1, 0.15) is 22.2 Å². The maximum atomic E-state index is 4.30. The number of thiophene rings is 1. The van der Waals surface area contributed by atoms with Gasteiger partial charge in [0.1, 0.15) is 0 Å². The van der Waals surface area contributed by atoms with E-state index in [4.69, 9.17) is 0 Å². The zero-order chi connectivity index (χ0) is 13.6. The fraction of sp³-hybridized carbons (Fsp3) is 0.125. The van der Waals surface area contributed by atoms with Crippen LogP contribution in [0.25, 0.3) is 0 Å². The predicted octanol–water partition coefficient (Wildman–Crippen LogP) is 3.42. The topological polar surface area (TPSA) is 37.8 Å². The van der Waals surface area contributed by atoms with Crippen LogP contribution in [0.2, 0.25) is 0 Å². The van der Waals surface area contributed by atoms with Crippen LogP contribution in [-0.2, 0) is 6.54 Å². The highest BCUT2D eigenvalue weighted by atomic mass is 32.1. The Morgan fingerprint density at radius 3 is 2.65 bits per heavy atom. The van der Waals surface area contributed by atoms with Crippen LogP contribution < -0.4 is 5.32 Å².